The van der Waals surface area contributed by atoms with Crippen LogP contribution in [0.25, 0.3) is 0 Å². The van der Waals surface area contributed by atoms with Crippen LogP contribution in [0.3, 0.4) is 0 Å². The average Bonchev–Trinajstić information content (AvgIpc) is 3.70. The summed E-state index contributed by atoms with van der Waals surface area (Å²) in [4.78, 5) is 59.6. The molecule has 5 unspecified atom stereocenters. The van der Waals surface area contributed by atoms with E-state index in [0.717, 1.165) is 140 Å². The van der Waals surface area contributed by atoms with Crippen LogP contribution in [0.1, 0.15) is 216 Å². The molecule has 0 aromatic carbocycles. The molecule has 5 amide bonds. The summed E-state index contributed by atoms with van der Waals surface area (Å²) >= 11 is 0. The molecule has 74 heavy (non-hydrogen) atoms. The second-order valence-electron chi connectivity index (χ2n) is 21.5. The van der Waals surface area contributed by atoms with Crippen molar-refractivity contribution in [2.24, 2.45) is 41.1 Å². The van der Waals surface area contributed by atoms with Gasteiger partial charge in [0.1, 0.15) is 0 Å². The highest BCUT2D eigenvalue weighted by Crippen LogP contribution is 2.22. The number of unbranched alkanes of at least 4 members (excludes halogenated alkanes) is 5. The zero-order chi connectivity index (χ0) is 54.0. The van der Waals surface area contributed by atoms with E-state index in [1.165, 1.54) is 102 Å². The molecule has 0 saturated heterocycles. The Morgan fingerprint density at radius 2 is 0.865 bits per heavy atom. The van der Waals surface area contributed by atoms with Crippen molar-refractivity contribution in [3.63, 3.8) is 0 Å². The quantitative estimate of drug-likeness (QED) is 0.0207. The van der Waals surface area contributed by atoms with Crippen LogP contribution >= 0.6 is 0 Å². The van der Waals surface area contributed by atoms with Crippen LogP contribution < -0.4 is 48.7 Å². The van der Waals surface area contributed by atoms with Gasteiger partial charge in [-0.15, -0.1) is 0 Å². The Morgan fingerprint density at radius 3 is 1.42 bits per heavy atom. The molecule has 0 fully saturated rings. The van der Waals surface area contributed by atoms with Crippen molar-refractivity contribution < 1.29 is 24.0 Å². The number of nitrogens with zero attached hydrogens (tertiary/aromatic N) is 1. The van der Waals surface area contributed by atoms with E-state index < -0.39 is 0 Å². The van der Waals surface area contributed by atoms with Crippen LogP contribution in [-0.4, -0.2) is 126 Å². The molecular weight excluding hydrogens is 929 g/mol. The topological polar surface area (TPSA) is 225 Å². The molecule has 1 rings (SSSR count). The second kappa shape index (κ2) is 53.4. The maximum atomic E-state index is 12.4. The molecule has 0 aliphatic carbocycles. The Kier molecular flexibility index (Phi) is 52.8. The van der Waals surface area contributed by atoms with Gasteiger partial charge in [-0.05, 0) is 159 Å². The summed E-state index contributed by atoms with van der Waals surface area (Å²) in [6, 6.07) is 0. The summed E-state index contributed by atoms with van der Waals surface area (Å²) in [5.41, 5.74) is 11.1. The lowest BCUT2D eigenvalue weighted by Crippen LogP contribution is -2.35. The van der Waals surface area contributed by atoms with Crippen molar-refractivity contribution >= 4 is 29.5 Å². The van der Waals surface area contributed by atoms with Crippen LogP contribution in [0.2, 0.25) is 0 Å². The number of carbonyl (C=O) groups excluding carboxylic acids is 5. The van der Waals surface area contributed by atoms with Gasteiger partial charge in [0.25, 0.3) is 11.8 Å². The van der Waals surface area contributed by atoms with E-state index in [9.17, 15) is 24.0 Å². The number of nitrogens with two attached hydrogens (primary N) is 2. The molecule has 15 nitrogen and oxygen atoms in total. The fourth-order valence-electron chi connectivity index (χ4n) is 8.97. The summed E-state index contributed by atoms with van der Waals surface area (Å²) in [7, 11) is 0. The van der Waals surface area contributed by atoms with Crippen molar-refractivity contribution in [2.75, 3.05) is 91.6 Å². The first kappa shape index (κ1) is 73.1. The molecule has 0 aromatic heterocycles. The zero-order valence-corrected chi connectivity index (χ0v) is 48.0. The first-order valence-corrected chi connectivity index (χ1v) is 29.9. The standard InChI is InChI=1S/C40H87N7O.C18H29N3O4.CH4/c1-5-36(2)18-9-10-19-37(3)20-14-21-38(4)23-24-40(48)47-33-11-7-6-8-22-39(35-46-32-17-31-44-30-16-26-42)34-45-28-13-12-27-43-29-15-25-41;1-3-5-14(2)7-8-16(23)20-12-11-19-15(22)6-4-13-21-17(24)9-10-18(21)25;/h36-39,43-46H,5-35,41-42H2,1-4H3,(H,47,48);9-10,14H,3-8,11-13H2,1-2H3,(H,19,22)(H,20,23);1H4. The lowest BCUT2D eigenvalue weighted by Gasteiger charge is -2.19. The fourth-order valence-corrected chi connectivity index (χ4v) is 8.97. The monoisotopic (exact) mass is 1050 g/mol. The fraction of sp³-hybridized carbons (Fsp3) is 0.881. The number of carbonyl (C=O) groups is 5. The van der Waals surface area contributed by atoms with E-state index in [1.807, 2.05) is 0 Å². The van der Waals surface area contributed by atoms with Crippen molar-refractivity contribution in [3.8, 4) is 0 Å². The van der Waals surface area contributed by atoms with E-state index >= 15 is 0 Å². The number of rotatable bonds is 51. The molecule has 1 aliphatic heterocycles. The molecule has 5 atom stereocenters. The lowest BCUT2D eigenvalue weighted by atomic mass is 9.92. The van der Waals surface area contributed by atoms with E-state index in [2.05, 4.69) is 78.8 Å². The van der Waals surface area contributed by atoms with Gasteiger partial charge >= 0.3 is 0 Å². The molecule has 1 aliphatic rings. The van der Waals surface area contributed by atoms with Gasteiger partial charge in [0.2, 0.25) is 17.7 Å². The van der Waals surface area contributed by atoms with Gasteiger partial charge in [0.05, 0.1) is 0 Å². The third kappa shape index (κ3) is 47.5. The van der Waals surface area contributed by atoms with Crippen LogP contribution in [0.15, 0.2) is 12.2 Å². The Bertz CT molecular complexity index is 1350. The Labute approximate surface area is 454 Å². The van der Waals surface area contributed by atoms with Crippen LogP contribution in [0.5, 0.6) is 0 Å². The van der Waals surface area contributed by atoms with Crippen molar-refractivity contribution in [1.82, 2.24) is 42.1 Å². The minimum atomic E-state index is -0.332. The van der Waals surface area contributed by atoms with Crippen molar-refractivity contribution in [1.29, 1.82) is 0 Å². The van der Waals surface area contributed by atoms with Crippen molar-refractivity contribution in [2.45, 2.75) is 216 Å². The number of nitrogens with one attached hydrogen (secondary N) is 7. The highest BCUT2D eigenvalue weighted by Gasteiger charge is 2.22. The number of amides is 5. The SMILES string of the molecule is C.CCC(C)CCCCC(C)CCCC(C)CCC(=O)NCCCCCCC(CNCCCCNCCCN)CNCCCNCCCN.CCCC(C)CCC(=O)NCCNC(=O)CCCN1C(=O)C=CC1=O. The van der Waals surface area contributed by atoms with Gasteiger partial charge in [-0.1, -0.05) is 132 Å². The summed E-state index contributed by atoms with van der Waals surface area (Å²) < 4.78 is 0. The largest absolute Gasteiger partial charge is 0.356 e. The molecule has 0 bridgehead atoms. The molecule has 15 heteroatoms. The van der Waals surface area contributed by atoms with Crippen LogP contribution in [-0.2, 0) is 24.0 Å². The highest BCUT2D eigenvalue weighted by atomic mass is 16.2. The third-order valence-electron chi connectivity index (χ3n) is 14.2. The number of imide groups is 1. The zero-order valence-electron chi connectivity index (χ0n) is 48.0. The molecule has 0 radical (unpaired) electrons. The van der Waals surface area contributed by atoms with Crippen LogP contribution in [0.4, 0.5) is 0 Å². The Morgan fingerprint density at radius 1 is 0.446 bits per heavy atom. The van der Waals surface area contributed by atoms with Crippen molar-refractivity contribution in [3.05, 3.63) is 12.2 Å². The van der Waals surface area contributed by atoms with E-state index in [1.54, 1.807) is 0 Å². The molecule has 436 valence electrons. The summed E-state index contributed by atoms with van der Waals surface area (Å²) in [6.45, 7) is 25.6. The van der Waals surface area contributed by atoms with Gasteiger partial charge in [-0.2, -0.15) is 0 Å². The third-order valence-corrected chi connectivity index (χ3v) is 14.2. The molecule has 0 spiro atoms. The van der Waals surface area contributed by atoms with Gasteiger partial charge in [0.15, 0.2) is 0 Å². The second-order valence-corrected chi connectivity index (χ2v) is 21.5. The maximum Gasteiger partial charge on any atom is 0.253 e. The predicted molar refractivity (Wildman–Crippen MR) is 313 cm³/mol. The molecule has 0 aromatic rings. The summed E-state index contributed by atoms with van der Waals surface area (Å²) in [6.07, 6.45) is 31.0. The number of hydrogen-bond acceptors (Lipinski definition) is 11. The van der Waals surface area contributed by atoms with E-state index in [4.69, 9.17) is 11.5 Å². The molecule has 0 saturated carbocycles. The predicted octanol–water partition coefficient (Wildman–Crippen LogP) is 8.50. The molecule has 11 N–H and O–H groups in total. The van der Waals surface area contributed by atoms with Crippen LogP contribution in [0, 0.1) is 29.6 Å². The molecular formula is C59H120N10O5. The summed E-state index contributed by atoms with van der Waals surface area (Å²) in [5.74, 6) is 3.04. The minimum Gasteiger partial charge on any atom is -0.356 e. The van der Waals surface area contributed by atoms with Gasteiger partial charge in [0, 0.05) is 57.6 Å². The van der Waals surface area contributed by atoms with Gasteiger partial charge < -0.3 is 48.7 Å². The minimum absolute atomic E-state index is 0. The Hall–Kier alpha value is -2.95. The molecule has 1 heterocycles. The first-order chi connectivity index (χ1) is 35.4. The number of hydrogen-bond donors (Lipinski definition) is 9. The van der Waals surface area contributed by atoms with E-state index in [-0.39, 0.29) is 49.9 Å². The van der Waals surface area contributed by atoms with Gasteiger partial charge in [-0.3, -0.25) is 28.9 Å². The van der Waals surface area contributed by atoms with Gasteiger partial charge in [-0.25, -0.2) is 0 Å². The highest BCUT2D eigenvalue weighted by molar-refractivity contribution is 6.12. The smallest absolute Gasteiger partial charge is 0.253 e. The lowest BCUT2D eigenvalue weighted by molar-refractivity contribution is -0.137. The average molecular weight is 1050 g/mol. The first-order valence-electron chi connectivity index (χ1n) is 29.9. The van der Waals surface area contributed by atoms with E-state index in [0.29, 0.717) is 50.1 Å². The maximum absolute atomic E-state index is 12.4. The Balaban J connectivity index is 0. The summed E-state index contributed by atoms with van der Waals surface area (Å²) in [5, 5.41) is 23.1. The normalized spacial score (nSPS) is 14.2.